The molecule has 6 nitrogen and oxygen atoms in total. The van der Waals surface area contributed by atoms with Crippen molar-refractivity contribution >= 4 is 9.84 Å². The van der Waals surface area contributed by atoms with Gasteiger partial charge in [-0.3, -0.25) is 0 Å². The largest absolute Gasteiger partial charge is 0.454 e. The highest BCUT2D eigenvalue weighted by Crippen LogP contribution is 2.63. The second kappa shape index (κ2) is 5.69. The number of hydrogen-bond donors (Lipinski definition) is 0. The Morgan fingerprint density at radius 2 is 2.09 bits per heavy atom. The molecule has 1 heterocycles. The van der Waals surface area contributed by atoms with Crippen LogP contribution in [0, 0.1) is 16.7 Å². The van der Waals surface area contributed by atoms with Crippen LogP contribution in [-0.2, 0) is 14.6 Å². The maximum absolute atomic E-state index is 12.5. The van der Waals surface area contributed by atoms with Crippen LogP contribution in [0.5, 0.6) is 11.5 Å². The maximum Gasteiger partial charge on any atom is 0.231 e. The summed E-state index contributed by atoms with van der Waals surface area (Å²) < 4.78 is 41.0. The first-order valence-corrected chi connectivity index (χ1v) is 9.31. The summed E-state index contributed by atoms with van der Waals surface area (Å²) in [6.07, 6.45) is 0. The summed E-state index contributed by atoms with van der Waals surface area (Å²) in [7, 11) is -3.36. The van der Waals surface area contributed by atoms with Crippen molar-refractivity contribution in [2.24, 2.45) is 5.41 Å². The van der Waals surface area contributed by atoms with Crippen molar-refractivity contribution in [2.75, 3.05) is 25.8 Å². The minimum atomic E-state index is -3.36. The molecule has 1 aromatic carbocycles. The Morgan fingerprint density at radius 3 is 2.74 bits per heavy atom. The fraction of sp³-hybridized carbons (Fsp3) is 0.562. The zero-order valence-corrected chi connectivity index (χ0v) is 13.9. The zero-order chi connectivity index (χ0) is 16.7. The molecule has 0 aromatic heterocycles. The van der Waals surface area contributed by atoms with Crippen molar-refractivity contribution in [1.82, 2.24) is 0 Å². The standard InChI is InChI=1S/C16H19NO5S/c1-3-20-9-16(8-17)14(15(16)23(18,19)4-2)11-5-6-12-13(7-11)22-10-21-12/h5-7,14-15H,3-4,9-10H2,1-2H3. The molecule has 1 saturated carbocycles. The molecule has 0 N–H and O–H groups in total. The third-order valence-corrected chi connectivity index (χ3v) is 6.83. The third kappa shape index (κ3) is 2.46. The van der Waals surface area contributed by atoms with Crippen LogP contribution in [0.25, 0.3) is 0 Å². The second-order valence-electron chi connectivity index (χ2n) is 5.75. The van der Waals surface area contributed by atoms with Crippen LogP contribution in [0.1, 0.15) is 25.3 Å². The van der Waals surface area contributed by atoms with Gasteiger partial charge in [0.2, 0.25) is 6.79 Å². The summed E-state index contributed by atoms with van der Waals surface area (Å²) in [4.78, 5) is 0. The first-order chi connectivity index (χ1) is 11.0. The molecule has 1 fully saturated rings. The molecule has 3 rings (SSSR count). The predicted molar refractivity (Wildman–Crippen MR) is 83.1 cm³/mol. The Labute approximate surface area is 135 Å². The molecule has 0 amide bonds. The van der Waals surface area contributed by atoms with E-state index in [0.29, 0.717) is 18.1 Å². The van der Waals surface area contributed by atoms with Gasteiger partial charge < -0.3 is 14.2 Å². The number of fused-ring (bicyclic) bond motifs is 1. The maximum atomic E-state index is 12.5. The molecule has 7 heteroatoms. The van der Waals surface area contributed by atoms with Gasteiger partial charge in [0.15, 0.2) is 21.3 Å². The van der Waals surface area contributed by atoms with Gasteiger partial charge in [-0.05, 0) is 24.6 Å². The van der Waals surface area contributed by atoms with E-state index in [9.17, 15) is 13.7 Å². The Bertz CT molecular complexity index is 754. The summed E-state index contributed by atoms with van der Waals surface area (Å²) in [5.74, 6) is 0.828. The average Bonchev–Trinajstić information content (AvgIpc) is 3.01. The van der Waals surface area contributed by atoms with Gasteiger partial charge in [-0.2, -0.15) is 5.26 Å². The quantitative estimate of drug-likeness (QED) is 0.787. The van der Waals surface area contributed by atoms with Crippen LogP contribution in [0.15, 0.2) is 18.2 Å². The first-order valence-electron chi connectivity index (χ1n) is 7.60. The number of rotatable bonds is 6. The smallest absolute Gasteiger partial charge is 0.231 e. The lowest BCUT2D eigenvalue weighted by Crippen LogP contribution is -2.20. The van der Waals surface area contributed by atoms with Crippen LogP contribution >= 0.6 is 0 Å². The highest BCUT2D eigenvalue weighted by atomic mass is 32.2. The molecule has 1 aromatic rings. The van der Waals surface area contributed by atoms with Gasteiger partial charge in [-0.15, -0.1) is 0 Å². The van der Waals surface area contributed by atoms with Crippen LogP contribution in [0.2, 0.25) is 0 Å². The van der Waals surface area contributed by atoms with Crippen molar-refractivity contribution in [1.29, 1.82) is 5.26 Å². The zero-order valence-electron chi connectivity index (χ0n) is 13.1. The molecule has 1 aliphatic carbocycles. The lowest BCUT2D eigenvalue weighted by molar-refractivity contribution is 0.117. The van der Waals surface area contributed by atoms with Gasteiger partial charge in [0.05, 0.1) is 17.9 Å². The van der Waals surface area contributed by atoms with E-state index < -0.39 is 26.4 Å². The summed E-state index contributed by atoms with van der Waals surface area (Å²) >= 11 is 0. The summed E-state index contributed by atoms with van der Waals surface area (Å²) in [6.45, 7) is 4.14. The molecule has 23 heavy (non-hydrogen) atoms. The third-order valence-electron chi connectivity index (χ3n) is 4.55. The van der Waals surface area contributed by atoms with Gasteiger partial charge in [0.25, 0.3) is 0 Å². The topological polar surface area (TPSA) is 85.6 Å². The van der Waals surface area contributed by atoms with Crippen LogP contribution in [0.3, 0.4) is 0 Å². The van der Waals surface area contributed by atoms with Crippen molar-refractivity contribution < 1.29 is 22.6 Å². The van der Waals surface area contributed by atoms with Crippen LogP contribution in [-0.4, -0.2) is 39.4 Å². The van der Waals surface area contributed by atoms with Gasteiger partial charge >= 0.3 is 0 Å². The fourth-order valence-corrected chi connectivity index (χ4v) is 5.30. The van der Waals surface area contributed by atoms with Crippen LogP contribution in [0.4, 0.5) is 0 Å². The van der Waals surface area contributed by atoms with E-state index in [-0.39, 0.29) is 19.2 Å². The van der Waals surface area contributed by atoms with Crippen molar-refractivity contribution in [2.45, 2.75) is 25.0 Å². The predicted octanol–water partition coefficient (Wildman–Crippen LogP) is 1.86. The number of nitriles is 1. The molecular formula is C16H19NO5S. The van der Waals surface area contributed by atoms with E-state index in [4.69, 9.17) is 14.2 Å². The number of nitrogens with zero attached hydrogens (tertiary/aromatic N) is 1. The van der Waals surface area contributed by atoms with E-state index in [1.807, 2.05) is 6.92 Å². The van der Waals surface area contributed by atoms with Crippen molar-refractivity contribution in [3.63, 3.8) is 0 Å². The molecule has 0 radical (unpaired) electrons. The summed E-state index contributed by atoms with van der Waals surface area (Å²) in [6, 6.07) is 7.56. The fourth-order valence-electron chi connectivity index (χ4n) is 3.30. The second-order valence-corrected chi connectivity index (χ2v) is 8.16. The van der Waals surface area contributed by atoms with E-state index in [2.05, 4.69) is 6.07 Å². The van der Waals surface area contributed by atoms with Gasteiger partial charge in [-0.1, -0.05) is 13.0 Å². The highest BCUT2D eigenvalue weighted by Gasteiger charge is 2.71. The van der Waals surface area contributed by atoms with E-state index in [1.54, 1.807) is 25.1 Å². The molecule has 2 aliphatic rings. The number of benzene rings is 1. The Kier molecular flexibility index (Phi) is 3.98. The molecule has 124 valence electrons. The lowest BCUT2D eigenvalue weighted by atomic mass is 10.0. The molecule has 0 spiro atoms. The van der Waals surface area contributed by atoms with Gasteiger partial charge in [-0.25, -0.2) is 8.42 Å². The summed E-state index contributed by atoms with van der Waals surface area (Å²) in [5, 5.41) is 8.95. The minimum Gasteiger partial charge on any atom is -0.454 e. The number of hydrogen-bond acceptors (Lipinski definition) is 6. The molecule has 3 unspecified atom stereocenters. The molecule has 0 saturated heterocycles. The van der Waals surface area contributed by atoms with E-state index in [0.717, 1.165) is 5.56 Å². The molecule has 0 bridgehead atoms. The van der Waals surface area contributed by atoms with Gasteiger partial charge in [0, 0.05) is 18.3 Å². The number of ether oxygens (including phenoxy) is 3. The summed E-state index contributed by atoms with van der Waals surface area (Å²) in [5.41, 5.74) is -0.254. The normalized spacial score (nSPS) is 28.4. The van der Waals surface area contributed by atoms with E-state index >= 15 is 0 Å². The van der Waals surface area contributed by atoms with E-state index in [1.165, 1.54) is 0 Å². The Balaban J connectivity index is 2.00. The monoisotopic (exact) mass is 337 g/mol. The minimum absolute atomic E-state index is 0.00821. The molecule has 1 aliphatic heterocycles. The Morgan fingerprint density at radius 1 is 1.35 bits per heavy atom. The average molecular weight is 337 g/mol. The molecule has 3 atom stereocenters. The Hall–Kier alpha value is -1.78. The van der Waals surface area contributed by atoms with Crippen molar-refractivity contribution in [3.8, 4) is 17.6 Å². The highest BCUT2D eigenvalue weighted by molar-refractivity contribution is 7.92. The first kappa shape index (κ1) is 16.1. The lowest BCUT2D eigenvalue weighted by Gasteiger charge is -2.09. The van der Waals surface area contributed by atoms with Crippen molar-refractivity contribution in [3.05, 3.63) is 23.8 Å². The number of sulfone groups is 1. The SMILES string of the molecule is CCOCC1(C#N)C(c2ccc3c(c2)OCO3)C1S(=O)(=O)CC. The van der Waals surface area contributed by atoms with Crippen LogP contribution < -0.4 is 9.47 Å². The molecular weight excluding hydrogens is 318 g/mol. The van der Waals surface area contributed by atoms with Gasteiger partial charge in [0.1, 0.15) is 5.41 Å².